The Kier molecular flexibility index (Phi) is 5.52. The standard InChI is InChI=1S/C15H12Br2N2O2/c16-12-1-3-14(20)10(5-12)7-18-9-19-8-11-6-13(17)2-4-15(11)21/h1-8,20-21H,9H2. The van der Waals surface area contributed by atoms with Gasteiger partial charge in [0.2, 0.25) is 0 Å². The van der Waals surface area contributed by atoms with Gasteiger partial charge in [-0.2, -0.15) is 0 Å². The molecule has 0 saturated heterocycles. The Bertz CT molecular complexity index is 641. The fraction of sp³-hybridized carbons (Fsp3) is 0.0667. The fourth-order valence-electron chi connectivity index (χ4n) is 1.58. The van der Waals surface area contributed by atoms with Crippen molar-refractivity contribution in [2.24, 2.45) is 9.98 Å². The first-order valence-electron chi connectivity index (χ1n) is 6.03. The zero-order valence-corrected chi connectivity index (χ0v) is 14.0. The van der Waals surface area contributed by atoms with E-state index in [0.717, 1.165) is 8.95 Å². The van der Waals surface area contributed by atoms with Gasteiger partial charge < -0.3 is 10.2 Å². The minimum atomic E-state index is 0.163. The molecule has 0 aliphatic rings. The van der Waals surface area contributed by atoms with Crippen molar-refractivity contribution >= 4 is 44.3 Å². The quantitative estimate of drug-likeness (QED) is 0.743. The molecule has 0 aromatic heterocycles. The lowest BCUT2D eigenvalue weighted by Gasteiger charge is -1.99. The van der Waals surface area contributed by atoms with Crippen molar-refractivity contribution in [1.82, 2.24) is 0 Å². The van der Waals surface area contributed by atoms with Crippen LogP contribution in [0, 0.1) is 0 Å². The van der Waals surface area contributed by atoms with E-state index < -0.39 is 0 Å². The molecule has 2 rings (SSSR count). The highest BCUT2D eigenvalue weighted by Gasteiger charge is 1.99. The summed E-state index contributed by atoms with van der Waals surface area (Å²) in [5.74, 6) is 0.325. The summed E-state index contributed by atoms with van der Waals surface area (Å²) in [6, 6.07) is 10.2. The molecule has 0 fully saturated rings. The SMILES string of the molecule is Oc1ccc(Br)cc1C=NCN=Cc1cc(Br)ccc1O. The Hall–Kier alpha value is -1.66. The van der Waals surface area contributed by atoms with Gasteiger partial charge in [0.05, 0.1) is 0 Å². The fourth-order valence-corrected chi connectivity index (χ4v) is 2.34. The van der Waals surface area contributed by atoms with Crippen LogP contribution in [0.4, 0.5) is 0 Å². The molecule has 4 nitrogen and oxygen atoms in total. The molecule has 0 atom stereocenters. The summed E-state index contributed by atoms with van der Waals surface area (Å²) in [6.45, 7) is 0.206. The van der Waals surface area contributed by atoms with E-state index in [9.17, 15) is 10.2 Å². The predicted octanol–water partition coefficient (Wildman–Crippen LogP) is 4.12. The highest BCUT2D eigenvalue weighted by molar-refractivity contribution is 9.10. The van der Waals surface area contributed by atoms with Crippen molar-refractivity contribution in [1.29, 1.82) is 0 Å². The summed E-state index contributed by atoms with van der Waals surface area (Å²) >= 11 is 6.66. The number of hydrogen-bond acceptors (Lipinski definition) is 4. The number of aromatic hydroxyl groups is 2. The molecule has 108 valence electrons. The van der Waals surface area contributed by atoms with Crippen LogP contribution in [-0.4, -0.2) is 29.3 Å². The zero-order valence-electron chi connectivity index (χ0n) is 10.9. The summed E-state index contributed by atoms with van der Waals surface area (Å²) < 4.78 is 1.73. The Morgan fingerprint density at radius 3 is 1.67 bits per heavy atom. The molecule has 0 aliphatic heterocycles. The van der Waals surface area contributed by atoms with Crippen molar-refractivity contribution in [2.75, 3.05) is 6.67 Å². The first-order chi connectivity index (χ1) is 10.1. The van der Waals surface area contributed by atoms with Gasteiger partial charge in [0, 0.05) is 32.5 Å². The van der Waals surface area contributed by atoms with Crippen LogP contribution >= 0.6 is 31.9 Å². The van der Waals surface area contributed by atoms with Gasteiger partial charge in [-0.25, -0.2) is 0 Å². The van der Waals surface area contributed by atoms with Gasteiger partial charge in [-0.1, -0.05) is 31.9 Å². The van der Waals surface area contributed by atoms with Crippen LogP contribution in [0.15, 0.2) is 55.3 Å². The van der Waals surface area contributed by atoms with Gasteiger partial charge in [0.15, 0.2) is 0 Å². The molecule has 2 N–H and O–H groups in total. The van der Waals surface area contributed by atoms with Crippen molar-refractivity contribution in [3.8, 4) is 11.5 Å². The number of aliphatic imine (C=N–C) groups is 2. The van der Waals surface area contributed by atoms with Gasteiger partial charge in [-0.3, -0.25) is 9.98 Å². The predicted molar refractivity (Wildman–Crippen MR) is 91.7 cm³/mol. The van der Waals surface area contributed by atoms with Crippen molar-refractivity contribution in [3.63, 3.8) is 0 Å². The summed E-state index contributed by atoms with van der Waals surface area (Å²) in [6.07, 6.45) is 3.11. The minimum absolute atomic E-state index is 0.163. The van der Waals surface area contributed by atoms with Crippen LogP contribution in [0.2, 0.25) is 0 Å². The van der Waals surface area contributed by atoms with Crippen LogP contribution in [-0.2, 0) is 0 Å². The van der Waals surface area contributed by atoms with E-state index in [1.165, 1.54) is 0 Å². The lowest BCUT2D eigenvalue weighted by molar-refractivity contribution is 0.474. The highest BCUT2D eigenvalue weighted by atomic mass is 79.9. The van der Waals surface area contributed by atoms with Crippen LogP contribution < -0.4 is 0 Å². The molecular weight excluding hydrogens is 400 g/mol. The van der Waals surface area contributed by atoms with Crippen LogP contribution in [0.1, 0.15) is 11.1 Å². The van der Waals surface area contributed by atoms with E-state index in [-0.39, 0.29) is 18.2 Å². The molecule has 0 saturated carbocycles. The second-order valence-corrected chi connectivity index (χ2v) is 6.00. The summed E-state index contributed by atoms with van der Waals surface area (Å²) in [4.78, 5) is 8.23. The molecule has 0 radical (unpaired) electrons. The molecule has 0 aliphatic carbocycles. The summed E-state index contributed by atoms with van der Waals surface area (Å²) in [5.41, 5.74) is 1.23. The van der Waals surface area contributed by atoms with E-state index in [1.807, 2.05) is 0 Å². The largest absolute Gasteiger partial charge is 0.507 e. The number of phenols is 2. The van der Waals surface area contributed by atoms with E-state index in [0.29, 0.717) is 11.1 Å². The topological polar surface area (TPSA) is 65.2 Å². The lowest BCUT2D eigenvalue weighted by Crippen LogP contribution is -1.86. The van der Waals surface area contributed by atoms with Gasteiger partial charge in [0.25, 0.3) is 0 Å². The average Bonchev–Trinajstić information content (AvgIpc) is 2.45. The maximum atomic E-state index is 9.65. The van der Waals surface area contributed by atoms with Crippen molar-refractivity contribution < 1.29 is 10.2 Å². The molecule has 0 unspecified atom stereocenters. The normalized spacial score (nSPS) is 11.5. The first-order valence-corrected chi connectivity index (χ1v) is 7.61. The summed E-state index contributed by atoms with van der Waals surface area (Å²) in [5, 5.41) is 19.3. The minimum Gasteiger partial charge on any atom is -0.507 e. The van der Waals surface area contributed by atoms with E-state index in [1.54, 1.807) is 48.8 Å². The molecule has 0 bridgehead atoms. The monoisotopic (exact) mass is 410 g/mol. The maximum absolute atomic E-state index is 9.65. The molecule has 0 amide bonds. The smallest absolute Gasteiger partial charge is 0.129 e. The number of nitrogens with zero attached hydrogens (tertiary/aromatic N) is 2. The first kappa shape index (κ1) is 15.7. The maximum Gasteiger partial charge on any atom is 0.129 e. The molecule has 0 spiro atoms. The van der Waals surface area contributed by atoms with E-state index >= 15 is 0 Å². The number of benzene rings is 2. The molecule has 2 aromatic rings. The molecule has 0 heterocycles. The number of rotatable bonds is 4. The molecule has 21 heavy (non-hydrogen) atoms. The van der Waals surface area contributed by atoms with Crippen LogP contribution in [0.3, 0.4) is 0 Å². The lowest BCUT2D eigenvalue weighted by atomic mass is 10.2. The Morgan fingerprint density at radius 1 is 0.810 bits per heavy atom. The average molecular weight is 412 g/mol. The van der Waals surface area contributed by atoms with Gasteiger partial charge >= 0.3 is 0 Å². The summed E-state index contributed by atoms with van der Waals surface area (Å²) in [7, 11) is 0. The van der Waals surface area contributed by atoms with Crippen LogP contribution in [0.5, 0.6) is 11.5 Å². The second-order valence-electron chi connectivity index (χ2n) is 4.17. The molecular formula is C15H12Br2N2O2. The third-order valence-corrected chi connectivity index (χ3v) is 3.59. The van der Waals surface area contributed by atoms with E-state index in [2.05, 4.69) is 41.8 Å². The Balaban J connectivity index is 2.00. The third-order valence-electron chi connectivity index (χ3n) is 2.60. The second kappa shape index (κ2) is 7.38. The van der Waals surface area contributed by atoms with Gasteiger partial charge in [-0.05, 0) is 36.4 Å². The molecule has 6 heteroatoms. The third kappa shape index (κ3) is 4.68. The molecule has 2 aromatic carbocycles. The van der Waals surface area contributed by atoms with Crippen molar-refractivity contribution in [3.05, 3.63) is 56.5 Å². The number of hydrogen-bond donors (Lipinski definition) is 2. The van der Waals surface area contributed by atoms with Crippen LogP contribution in [0.25, 0.3) is 0 Å². The van der Waals surface area contributed by atoms with E-state index in [4.69, 9.17) is 0 Å². The van der Waals surface area contributed by atoms with Gasteiger partial charge in [0.1, 0.15) is 18.2 Å². The van der Waals surface area contributed by atoms with Gasteiger partial charge in [-0.15, -0.1) is 0 Å². The number of phenolic OH excluding ortho intramolecular Hbond substituents is 2. The Labute approximate surface area is 139 Å². The van der Waals surface area contributed by atoms with Crippen molar-refractivity contribution in [2.45, 2.75) is 0 Å². The number of halogens is 2. The highest BCUT2D eigenvalue weighted by Crippen LogP contribution is 2.21. The Morgan fingerprint density at radius 2 is 1.24 bits per heavy atom. The zero-order chi connectivity index (χ0) is 15.2.